The molecule has 0 spiro atoms. The van der Waals surface area contributed by atoms with Gasteiger partial charge in [-0.15, -0.1) is 0 Å². The third-order valence-electron chi connectivity index (χ3n) is 5.79. The molecule has 0 aliphatic carbocycles. The number of aryl methyl sites for hydroxylation is 1. The van der Waals surface area contributed by atoms with Crippen LogP contribution in [0.1, 0.15) is 43.7 Å². The second kappa shape index (κ2) is 7.12. The van der Waals surface area contributed by atoms with Crippen molar-refractivity contribution in [1.29, 1.82) is 0 Å². The van der Waals surface area contributed by atoms with Gasteiger partial charge < -0.3 is 4.90 Å². The van der Waals surface area contributed by atoms with Crippen molar-refractivity contribution in [2.24, 2.45) is 0 Å². The molecule has 1 amide bonds. The van der Waals surface area contributed by atoms with E-state index in [1.54, 1.807) is 0 Å². The van der Waals surface area contributed by atoms with E-state index in [1.807, 2.05) is 29.2 Å². The molecule has 1 aliphatic heterocycles. The molecule has 2 nitrogen and oxygen atoms in total. The zero-order chi connectivity index (χ0) is 19.8. The minimum absolute atomic E-state index is 0.123. The molecule has 2 heteroatoms. The lowest BCUT2D eigenvalue weighted by molar-refractivity contribution is 0.0766. The van der Waals surface area contributed by atoms with E-state index in [1.165, 1.54) is 22.3 Å². The summed E-state index contributed by atoms with van der Waals surface area (Å²) in [7, 11) is 0. The first-order valence-corrected chi connectivity index (χ1v) is 9.70. The predicted molar refractivity (Wildman–Crippen MR) is 116 cm³/mol. The fourth-order valence-corrected chi connectivity index (χ4v) is 4.28. The number of benzene rings is 3. The normalized spacial score (nSPS) is 13.0. The summed E-state index contributed by atoms with van der Waals surface area (Å²) in [6.07, 6.45) is 1.89. The van der Waals surface area contributed by atoms with Crippen LogP contribution in [0.2, 0.25) is 0 Å². The molecule has 0 atom stereocenters. The Bertz CT molecular complexity index is 1060. The van der Waals surface area contributed by atoms with E-state index in [-0.39, 0.29) is 5.91 Å². The summed E-state index contributed by atoms with van der Waals surface area (Å²) >= 11 is 0. The lowest BCUT2D eigenvalue weighted by Gasteiger charge is -2.17. The van der Waals surface area contributed by atoms with Gasteiger partial charge in [0.2, 0.25) is 0 Å². The van der Waals surface area contributed by atoms with E-state index in [4.69, 9.17) is 0 Å². The average molecular weight is 367 g/mol. The summed E-state index contributed by atoms with van der Waals surface area (Å²) in [6.45, 7) is 11.6. The molecule has 28 heavy (non-hydrogen) atoms. The molecule has 0 N–H and O–H groups in total. The molecule has 0 unspecified atom stereocenters. The lowest BCUT2D eigenvalue weighted by atomic mass is 9.85. The van der Waals surface area contributed by atoms with Gasteiger partial charge in [0.15, 0.2) is 0 Å². The van der Waals surface area contributed by atoms with E-state index < -0.39 is 0 Å². The largest absolute Gasteiger partial charge is 0.330 e. The summed E-state index contributed by atoms with van der Waals surface area (Å²) in [6, 6.07) is 18.8. The Balaban J connectivity index is 1.82. The molecule has 0 bridgehead atoms. The van der Waals surface area contributed by atoms with E-state index in [9.17, 15) is 4.79 Å². The van der Waals surface area contributed by atoms with Crippen molar-refractivity contribution in [2.75, 3.05) is 0 Å². The molecular formula is C26H25NO. The average Bonchev–Trinajstić information content (AvgIpc) is 3.03. The topological polar surface area (TPSA) is 20.3 Å². The van der Waals surface area contributed by atoms with E-state index in [0.717, 1.165) is 27.8 Å². The van der Waals surface area contributed by atoms with Gasteiger partial charge >= 0.3 is 0 Å². The number of carbonyl (C=O) groups excluding carboxylic acids is 1. The van der Waals surface area contributed by atoms with Gasteiger partial charge in [0.05, 0.1) is 0 Å². The smallest absolute Gasteiger partial charge is 0.255 e. The summed E-state index contributed by atoms with van der Waals surface area (Å²) in [5, 5.41) is 0. The highest BCUT2D eigenvalue weighted by Gasteiger charge is 2.33. The number of fused-ring (bicyclic) bond motifs is 1. The Labute approximate surface area is 167 Å². The van der Waals surface area contributed by atoms with Crippen molar-refractivity contribution in [3.05, 3.63) is 100 Å². The van der Waals surface area contributed by atoms with Crippen LogP contribution >= 0.6 is 0 Å². The summed E-state index contributed by atoms with van der Waals surface area (Å²) < 4.78 is 0. The van der Waals surface area contributed by atoms with Gasteiger partial charge in [-0.3, -0.25) is 4.79 Å². The van der Waals surface area contributed by atoms with Crippen molar-refractivity contribution >= 4 is 12.0 Å². The molecule has 140 valence electrons. The first-order chi connectivity index (χ1) is 13.5. The molecule has 1 aliphatic rings. The second-order valence-corrected chi connectivity index (χ2v) is 7.61. The van der Waals surface area contributed by atoms with Gasteiger partial charge in [-0.25, -0.2) is 0 Å². The number of rotatable bonds is 4. The van der Waals surface area contributed by atoms with E-state index >= 15 is 0 Å². The molecular weight excluding hydrogens is 342 g/mol. The predicted octanol–water partition coefficient (Wildman–Crippen LogP) is 6.08. The van der Waals surface area contributed by atoms with Gasteiger partial charge in [-0.2, -0.15) is 0 Å². The SMILES string of the molecule is C=Cc1c(C)c2c(c(C)c1-c1ccc(C)cc1)CN(Cc1ccccc1)C2=O. The molecule has 1 heterocycles. The standard InChI is InChI=1S/C26H25NO/c1-5-22-18(3)25-23(19(4)24(22)21-13-11-17(2)12-14-21)16-27(26(25)28)15-20-9-7-6-8-10-20/h5-14H,1,15-16H2,2-4H3. The summed E-state index contributed by atoms with van der Waals surface area (Å²) in [5.74, 6) is 0.123. The molecule has 0 radical (unpaired) electrons. The Hall–Kier alpha value is -3.13. The minimum atomic E-state index is 0.123. The van der Waals surface area contributed by atoms with Crippen molar-refractivity contribution in [2.45, 2.75) is 33.9 Å². The first-order valence-electron chi connectivity index (χ1n) is 9.70. The van der Waals surface area contributed by atoms with Gasteiger partial charge in [0.1, 0.15) is 0 Å². The maximum absolute atomic E-state index is 13.2. The summed E-state index contributed by atoms with van der Waals surface area (Å²) in [5.41, 5.74) is 10.1. The van der Waals surface area contributed by atoms with Crippen LogP contribution in [0.5, 0.6) is 0 Å². The molecule has 0 saturated carbocycles. The van der Waals surface area contributed by atoms with Crippen molar-refractivity contribution in [3.63, 3.8) is 0 Å². The highest BCUT2D eigenvalue weighted by atomic mass is 16.2. The van der Waals surface area contributed by atoms with Crippen LogP contribution in [0, 0.1) is 20.8 Å². The van der Waals surface area contributed by atoms with Crippen LogP contribution in [0.15, 0.2) is 61.2 Å². The minimum Gasteiger partial charge on any atom is -0.330 e. The summed E-state index contributed by atoms with van der Waals surface area (Å²) in [4.78, 5) is 15.2. The first kappa shape index (κ1) is 18.2. The van der Waals surface area contributed by atoms with Crippen molar-refractivity contribution < 1.29 is 4.79 Å². The monoisotopic (exact) mass is 367 g/mol. The quantitative estimate of drug-likeness (QED) is 0.547. The molecule has 3 aromatic carbocycles. The lowest BCUT2D eigenvalue weighted by Crippen LogP contribution is -2.23. The number of nitrogens with zero attached hydrogens (tertiary/aromatic N) is 1. The number of amides is 1. The fraction of sp³-hybridized carbons (Fsp3) is 0.192. The van der Waals surface area contributed by atoms with Crippen LogP contribution in [0.3, 0.4) is 0 Å². The molecule has 0 saturated heterocycles. The third-order valence-corrected chi connectivity index (χ3v) is 5.79. The number of hydrogen-bond donors (Lipinski definition) is 0. The third kappa shape index (κ3) is 2.95. The number of carbonyl (C=O) groups is 1. The van der Waals surface area contributed by atoms with Crippen LogP contribution in [0.4, 0.5) is 0 Å². The zero-order valence-electron chi connectivity index (χ0n) is 16.8. The zero-order valence-corrected chi connectivity index (χ0v) is 16.8. The maximum atomic E-state index is 13.2. The molecule has 4 rings (SSSR count). The molecule has 0 fully saturated rings. The van der Waals surface area contributed by atoms with Crippen molar-refractivity contribution in [1.82, 2.24) is 4.90 Å². The van der Waals surface area contributed by atoms with Gasteiger partial charge in [0.25, 0.3) is 5.91 Å². The maximum Gasteiger partial charge on any atom is 0.255 e. The van der Waals surface area contributed by atoms with E-state index in [0.29, 0.717) is 13.1 Å². The Morgan fingerprint density at radius 3 is 2.25 bits per heavy atom. The Morgan fingerprint density at radius 2 is 1.61 bits per heavy atom. The van der Waals surface area contributed by atoms with E-state index in [2.05, 4.69) is 63.7 Å². The van der Waals surface area contributed by atoms with Crippen LogP contribution in [0.25, 0.3) is 17.2 Å². The Kier molecular flexibility index (Phi) is 4.64. The van der Waals surface area contributed by atoms with Crippen LogP contribution < -0.4 is 0 Å². The van der Waals surface area contributed by atoms with Crippen LogP contribution in [-0.4, -0.2) is 10.8 Å². The number of hydrogen-bond acceptors (Lipinski definition) is 1. The molecule has 0 aromatic heterocycles. The molecule has 3 aromatic rings. The second-order valence-electron chi connectivity index (χ2n) is 7.61. The fourth-order valence-electron chi connectivity index (χ4n) is 4.28. The highest BCUT2D eigenvalue weighted by molar-refractivity contribution is 6.03. The van der Waals surface area contributed by atoms with Gasteiger partial charge in [-0.1, -0.05) is 72.8 Å². The van der Waals surface area contributed by atoms with Gasteiger partial charge in [-0.05, 0) is 59.7 Å². The highest BCUT2D eigenvalue weighted by Crippen LogP contribution is 2.40. The van der Waals surface area contributed by atoms with Crippen LogP contribution in [-0.2, 0) is 13.1 Å². The van der Waals surface area contributed by atoms with Gasteiger partial charge in [0, 0.05) is 18.7 Å². The van der Waals surface area contributed by atoms with Crippen molar-refractivity contribution in [3.8, 4) is 11.1 Å². The Morgan fingerprint density at radius 1 is 0.929 bits per heavy atom.